The number of aliphatic hydroxyl groups excluding tert-OH is 1. The highest BCUT2D eigenvalue weighted by Gasteiger charge is 2.31. The standard InChI is InChI=1S/C8H18N2O5S/c1-8(2,5-11)6(9)7(12)10-3-4-16(13,14)15/h6,11H,3-5,9H2,1-2H3,(H,10,12)(H,13,14,15)/t6-/m1/s1. The molecular formula is C8H18N2O5S. The molecule has 0 bridgehead atoms. The summed E-state index contributed by atoms with van der Waals surface area (Å²) < 4.78 is 29.2. The van der Waals surface area contributed by atoms with E-state index >= 15 is 0 Å². The third kappa shape index (κ3) is 5.40. The van der Waals surface area contributed by atoms with Gasteiger partial charge in [-0.3, -0.25) is 9.35 Å². The molecule has 0 spiro atoms. The quantitative estimate of drug-likeness (QED) is 0.420. The molecule has 5 N–H and O–H groups in total. The van der Waals surface area contributed by atoms with Gasteiger partial charge in [-0.05, 0) is 0 Å². The molecule has 8 heteroatoms. The molecule has 1 atom stereocenters. The first-order chi connectivity index (χ1) is 7.10. The van der Waals surface area contributed by atoms with E-state index in [1.54, 1.807) is 13.8 Å². The first-order valence-electron chi connectivity index (χ1n) is 4.69. The van der Waals surface area contributed by atoms with Crippen LogP contribution in [-0.2, 0) is 14.9 Å². The smallest absolute Gasteiger partial charge is 0.266 e. The van der Waals surface area contributed by atoms with Crippen molar-refractivity contribution >= 4 is 16.0 Å². The Hall–Kier alpha value is -0.700. The lowest BCUT2D eigenvalue weighted by Gasteiger charge is -2.28. The molecule has 0 aliphatic rings. The van der Waals surface area contributed by atoms with Gasteiger partial charge in [-0.25, -0.2) is 0 Å². The zero-order chi connectivity index (χ0) is 13.0. The second-order valence-electron chi connectivity index (χ2n) is 4.20. The number of carbonyl (C=O) groups excluding carboxylic acids is 1. The van der Waals surface area contributed by atoms with Crippen molar-refractivity contribution in [2.45, 2.75) is 19.9 Å². The number of aliphatic hydroxyl groups is 1. The first-order valence-corrected chi connectivity index (χ1v) is 6.30. The van der Waals surface area contributed by atoms with Gasteiger partial charge in [0.05, 0.1) is 18.4 Å². The van der Waals surface area contributed by atoms with E-state index in [4.69, 9.17) is 15.4 Å². The monoisotopic (exact) mass is 254 g/mol. The molecular weight excluding hydrogens is 236 g/mol. The molecule has 0 aliphatic carbocycles. The number of hydrogen-bond acceptors (Lipinski definition) is 5. The molecule has 0 fully saturated rings. The zero-order valence-corrected chi connectivity index (χ0v) is 10.1. The molecule has 0 aliphatic heterocycles. The Balaban J connectivity index is 4.18. The summed E-state index contributed by atoms with van der Waals surface area (Å²) in [5.74, 6) is -1.13. The van der Waals surface area contributed by atoms with Gasteiger partial charge in [-0.15, -0.1) is 0 Å². The Labute approximate surface area is 94.8 Å². The van der Waals surface area contributed by atoms with Crippen LogP contribution in [0.15, 0.2) is 0 Å². The van der Waals surface area contributed by atoms with Crippen LogP contribution < -0.4 is 11.1 Å². The summed E-state index contributed by atoms with van der Waals surface area (Å²) in [6, 6.07) is -0.945. The first kappa shape index (κ1) is 15.3. The minimum Gasteiger partial charge on any atom is -0.396 e. The second kappa shape index (κ2) is 5.58. The number of nitrogens with two attached hydrogens (primary N) is 1. The van der Waals surface area contributed by atoms with Crippen LogP contribution in [0.5, 0.6) is 0 Å². The third-order valence-electron chi connectivity index (χ3n) is 2.19. The van der Waals surface area contributed by atoms with Gasteiger partial charge < -0.3 is 16.2 Å². The molecule has 0 heterocycles. The molecule has 0 aromatic carbocycles. The number of carbonyl (C=O) groups is 1. The van der Waals surface area contributed by atoms with Gasteiger partial charge in [-0.2, -0.15) is 8.42 Å². The lowest BCUT2D eigenvalue weighted by molar-refractivity contribution is -0.125. The van der Waals surface area contributed by atoms with Gasteiger partial charge in [0.25, 0.3) is 10.1 Å². The van der Waals surface area contributed by atoms with Crippen molar-refractivity contribution in [3.8, 4) is 0 Å². The Morgan fingerprint density at radius 1 is 1.50 bits per heavy atom. The fourth-order valence-electron chi connectivity index (χ4n) is 0.866. The summed E-state index contributed by atoms with van der Waals surface area (Å²) in [4.78, 5) is 11.4. The molecule has 0 saturated heterocycles. The maximum atomic E-state index is 11.4. The molecule has 0 rings (SSSR count). The minimum absolute atomic E-state index is 0.215. The van der Waals surface area contributed by atoms with Crippen LogP contribution in [0.4, 0.5) is 0 Å². The molecule has 7 nitrogen and oxygen atoms in total. The average molecular weight is 254 g/mol. The van der Waals surface area contributed by atoms with Gasteiger partial charge >= 0.3 is 0 Å². The summed E-state index contributed by atoms with van der Waals surface area (Å²) in [6.45, 7) is 2.74. The van der Waals surface area contributed by atoms with E-state index in [1.165, 1.54) is 0 Å². The van der Waals surface area contributed by atoms with Crippen LogP contribution in [0.1, 0.15) is 13.8 Å². The van der Waals surface area contributed by atoms with E-state index in [-0.39, 0.29) is 13.2 Å². The Bertz CT molecular complexity index is 338. The highest BCUT2D eigenvalue weighted by Crippen LogP contribution is 2.17. The summed E-state index contributed by atoms with van der Waals surface area (Å²) in [5, 5.41) is 11.2. The Morgan fingerprint density at radius 2 is 2.00 bits per heavy atom. The number of rotatable bonds is 6. The fraction of sp³-hybridized carbons (Fsp3) is 0.875. The Morgan fingerprint density at radius 3 is 2.38 bits per heavy atom. The predicted molar refractivity (Wildman–Crippen MR) is 58.3 cm³/mol. The van der Waals surface area contributed by atoms with Gasteiger partial charge in [0.1, 0.15) is 0 Å². The highest BCUT2D eigenvalue weighted by molar-refractivity contribution is 7.85. The molecule has 1 amide bonds. The highest BCUT2D eigenvalue weighted by atomic mass is 32.2. The van der Waals surface area contributed by atoms with Crippen LogP contribution in [0.25, 0.3) is 0 Å². The van der Waals surface area contributed by atoms with E-state index in [0.29, 0.717) is 0 Å². The molecule has 0 aromatic rings. The SMILES string of the molecule is CC(C)(CO)[C@H](N)C(=O)NCCS(=O)(=O)O. The van der Waals surface area contributed by atoms with E-state index in [1.807, 2.05) is 0 Å². The normalized spacial score (nSPS) is 14.6. The van der Waals surface area contributed by atoms with Crippen molar-refractivity contribution < 1.29 is 22.9 Å². The number of nitrogens with one attached hydrogen (secondary N) is 1. The van der Waals surface area contributed by atoms with Crippen LogP contribution in [0.3, 0.4) is 0 Å². The maximum Gasteiger partial charge on any atom is 0.266 e. The summed E-state index contributed by atoms with van der Waals surface area (Å²) in [6.07, 6.45) is 0. The van der Waals surface area contributed by atoms with E-state index in [0.717, 1.165) is 0 Å². The van der Waals surface area contributed by atoms with Crippen molar-refractivity contribution in [2.24, 2.45) is 11.1 Å². The van der Waals surface area contributed by atoms with E-state index in [9.17, 15) is 13.2 Å². The fourth-order valence-corrected chi connectivity index (χ4v) is 1.23. The number of hydrogen-bond donors (Lipinski definition) is 4. The van der Waals surface area contributed by atoms with Crippen LogP contribution in [-0.4, -0.2) is 48.9 Å². The largest absolute Gasteiger partial charge is 0.396 e. The topological polar surface area (TPSA) is 130 Å². The lowest BCUT2D eigenvalue weighted by atomic mass is 9.85. The zero-order valence-electron chi connectivity index (χ0n) is 9.30. The van der Waals surface area contributed by atoms with Crippen molar-refractivity contribution in [2.75, 3.05) is 18.9 Å². The summed E-state index contributed by atoms with van der Waals surface area (Å²) in [7, 11) is -4.09. The molecule has 16 heavy (non-hydrogen) atoms. The van der Waals surface area contributed by atoms with E-state index < -0.39 is 33.2 Å². The Kier molecular flexibility index (Phi) is 5.33. The molecule has 0 unspecified atom stereocenters. The third-order valence-corrected chi connectivity index (χ3v) is 2.91. The van der Waals surface area contributed by atoms with Crippen LogP contribution >= 0.6 is 0 Å². The van der Waals surface area contributed by atoms with Gasteiger partial charge in [0, 0.05) is 12.0 Å². The number of amides is 1. The molecule has 0 saturated carbocycles. The molecule has 0 radical (unpaired) electrons. The van der Waals surface area contributed by atoms with Gasteiger partial charge in [0.15, 0.2) is 0 Å². The maximum absolute atomic E-state index is 11.4. The molecule has 96 valence electrons. The molecule has 0 aromatic heterocycles. The van der Waals surface area contributed by atoms with Gasteiger partial charge in [0.2, 0.25) is 5.91 Å². The van der Waals surface area contributed by atoms with Crippen molar-refractivity contribution in [3.63, 3.8) is 0 Å². The van der Waals surface area contributed by atoms with Crippen molar-refractivity contribution in [1.82, 2.24) is 5.32 Å². The lowest BCUT2D eigenvalue weighted by Crippen LogP contribution is -2.51. The van der Waals surface area contributed by atoms with Crippen LogP contribution in [0.2, 0.25) is 0 Å². The predicted octanol–water partition coefficient (Wildman–Crippen LogP) is -1.66. The van der Waals surface area contributed by atoms with Crippen LogP contribution in [0, 0.1) is 5.41 Å². The van der Waals surface area contributed by atoms with E-state index in [2.05, 4.69) is 5.32 Å². The minimum atomic E-state index is -4.09. The second-order valence-corrected chi connectivity index (χ2v) is 5.77. The van der Waals surface area contributed by atoms with Gasteiger partial charge in [-0.1, -0.05) is 13.8 Å². The summed E-state index contributed by atoms with van der Waals surface area (Å²) >= 11 is 0. The summed E-state index contributed by atoms with van der Waals surface area (Å²) in [5.41, 5.74) is 4.78. The van der Waals surface area contributed by atoms with Crippen molar-refractivity contribution in [3.05, 3.63) is 0 Å². The average Bonchev–Trinajstić information content (AvgIpc) is 2.14. The van der Waals surface area contributed by atoms with Crippen molar-refractivity contribution in [1.29, 1.82) is 0 Å².